The quantitative estimate of drug-likeness (QED) is 0.815. The number of benzene rings is 1. The maximum Gasteiger partial charge on any atom is 0.242 e. The van der Waals surface area contributed by atoms with Gasteiger partial charge in [-0.05, 0) is 24.5 Å². The van der Waals surface area contributed by atoms with Gasteiger partial charge in [0, 0.05) is 6.54 Å². The molecule has 0 bridgehead atoms. The molecule has 118 valence electrons. The molecule has 0 spiro atoms. The lowest BCUT2D eigenvalue weighted by Crippen LogP contribution is -2.27. The van der Waals surface area contributed by atoms with E-state index in [-0.39, 0.29) is 18.5 Å². The highest BCUT2D eigenvalue weighted by molar-refractivity contribution is 5.75. The van der Waals surface area contributed by atoms with Crippen LogP contribution in [0.1, 0.15) is 42.6 Å². The van der Waals surface area contributed by atoms with Crippen LogP contribution in [0, 0.1) is 6.92 Å². The summed E-state index contributed by atoms with van der Waals surface area (Å²) < 4.78 is 1.53. The van der Waals surface area contributed by atoms with Crippen LogP contribution < -0.4 is 11.1 Å². The van der Waals surface area contributed by atoms with Gasteiger partial charge in [0.1, 0.15) is 6.54 Å². The molecule has 1 amide bonds. The molecule has 6 nitrogen and oxygen atoms in total. The van der Waals surface area contributed by atoms with Crippen LogP contribution >= 0.6 is 0 Å². The zero-order valence-corrected chi connectivity index (χ0v) is 13.1. The zero-order chi connectivity index (χ0) is 15.9. The first-order valence-corrected chi connectivity index (χ1v) is 7.57. The lowest BCUT2D eigenvalue weighted by Gasteiger charge is -2.07. The number of aryl methyl sites for hydroxylation is 1. The smallest absolute Gasteiger partial charge is 0.242 e. The highest BCUT2D eigenvalue weighted by atomic mass is 16.2. The summed E-state index contributed by atoms with van der Waals surface area (Å²) in [6.07, 6.45) is 3.59. The van der Waals surface area contributed by atoms with Gasteiger partial charge in [-0.3, -0.25) is 4.79 Å². The minimum atomic E-state index is -0.117. The molecule has 1 aromatic carbocycles. The van der Waals surface area contributed by atoms with Gasteiger partial charge in [-0.25, -0.2) is 4.68 Å². The molecule has 0 fully saturated rings. The Morgan fingerprint density at radius 1 is 1.41 bits per heavy atom. The second-order valence-corrected chi connectivity index (χ2v) is 5.44. The van der Waals surface area contributed by atoms with E-state index < -0.39 is 0 Å². The summed E-state index contributed by atoms with van der Waals surface area (Å²) in [6.45, 7) is 4.77. The number of carbonyl (C=O) groups is 1. The normalized spacial score (nSPS) is 12.1. The molecule has 0 radical (unpaired) electrons. The van der Waals surface area contributed by atoms with Crippen LogP contribution in [-0.2, 0) is 17.9 Å². The van der Waals surface area contributed by atoms with Crippen LogP contribution in [0.2, 0.25) is 0 Å². The van der Waals surface area contributed by atoms with Crippen molar-refractivity contribution in [3.8, 4) is 0 Å². The van der Waals surface area contributed by atoms with E-state index in [2.05, 4.69) is 22.6 Å². The summed E-state index contributed by atoms with van der Waals surface area (Å²) in [5.74, 6) is -0.0937. The molecule has 0 unspecified atom stereocenters. The van der Waals surface area contributed by atoms with E-state index in [1.807, 2.05) is 31.2 Å². The van der Waals surface area contributed by atoms with Gasteiger partial charge in [-0.2, -0.15) is 0 Å². The number of nitrogens with zero attached hydrogens (tertiary/aromatic N) is 3. The molecular formula is C16H23N5O. The van der Waals surface area contributed by atoms with E-state index in [0.29, 0.717) is 6.54 Å². The maximum atomic E-state index is 12.0. The fourth-order valence-corrected chi connectivity index (χ4v) is 2.22. The molecular weight excluding hydrogens is 278 g/mol. The third-order valence-corrected chi connectivity index (χ3v) is 3.58. The predicted molar refractivity (Wildman–Crippen MR) is 84.9 cm³/mol. The summed E-state index contributed by atoms with van der Waals surface area (Å²) in [5.41, 5.74) is 8.99. The second kappa shape index (κ2) is 7.70. The molecule has 1 atom stereocenters. The molecule has 6 heteroatoms. The molecule has 22 heavy (non-hydrogen) atoms. The summed E-state index contributed by atoms with van der Waals surface area (Å²) in [7, 11) is 0. The van der Waals surface area contributed by atoms with Gasteiger partial charge in [0.15, 0.2) is 0 Å². The molecule has 0 aliphatic heterocycles. The van der Waals surface area contributed by atoms with Gasteiger partial charge >= 0.3 is 0 Å². The fourth-order valence-electron chi connectivity index (χ4n) is 2.22. The maximum absolute atomic E-state index is 12.0. The Morgan fingerprint density at radius 2 is 2.18 bits per heavy atom. The van der Waals surface area contributed by atoms with Gasteiger partial charge in [-0.1, -0.05) is 42.8 Å². The molecule has 3 N–H and O–H groups in total. The molecule has 1 heterocycles. The third-order valence-electron chi connectivity index (χ3n) is 3.58. The number of carbonyl (C=O) groups excluding carboxylic acids is 1. The Balaban J connectivity index is 1.86. The lowest BCUT2D eigenvalue weighted by atomic mass is 10.1. The van der Waals surface area contributed by atoms with Gasteiger partial charge in [-0.15, -0.1) is 5.10 Å². The fraction of sp³-hybridized carbons (Fsp3) is 0.438. The van der Waals surface area contributed by atoms with E-state index in [0.717, 1.165) is 29.7 Å². The van der Waals surface area contributed by atoms with Crippen LogP contribution in [0.4, 0.5) is 0 Å². The lowest BCUT2D eigenvalue weighted by molar-refractivity contribution is -0.122. The van der Waals surface area contributed by atoms with Crippen molar-refractivity contribution in [2.45, 2.75) is 45.8 Å². The Kier molecular flexibility index (Phi) is 5.66. The van der Waals surface area contributed by atoms with Gasteiger partial charge in [0.2, 0.25) is 5.91 Å². The zero-order valence-electron chi connectivity index (χ0n) is 13.1. The number of nitrogens with one attached hydrogen (secondary N) is 1. The highest BCUT2D eigenvalue weighted by Gasteiger charge is 2.11. The van der Waals surface area contributed by atoms with Crippen molar-refractivity contribution in [1.29, 1.82) is 0 Å². The summed E-state index contributed by atoms with van der Waals surface area (Å²) in [5, 5.41) is 10.9. The standard InChI is InChI=1S/C16H23N5O/c1-3-6-14(17)15-10-21(20-19-15)11-16(22)18-9-13-8-5-4-7-12(13)2/h4-5,7-8,10,14H,3,6,9,11,17H2,1-2H3,(H,18,22)/t14-/m1/s1. The Morgan fingerprint density at radius 3 is 2.91 bits per heavy atom. The first-order chi connectivity index (χ1) is 10.6. The number of nitrogens with two attached hydrogens (primary N) is 1. The van der Waals surface area contributed by atoms with Crippen molar-refractivity contribution >= 4 is 5.91 Å². The average molecular weight is 301 g/mol. The Bertz CT molecular complexity index is 623. The van der Waals surface area contributed by atoms with Crippen molar-refractivity contribution in [3.63, 3.8) is 0 Å². The van der Waals surface area contributed by atoms with Gasteiger partial charge in [0.05, 0.1) is 17.9 Å². The minimum Gasteiger partial charge on any atom is -0.350 e. The molecule has 0 aliphatic rings. The minimum absolute atomic E-state index is 0.0937. The molecule has 0 saturated heterocycles. The van der Waals surface area contributed by atoms with Crippen molar-refractivity contribution in [1.82, 2.24) is 20.3 Å². The van der Waals surface area contributed by atoms with Crippen LogP contribution in [0.25, 0.3) is 0 Å². The van der Waals surface area contributed by atoms with Gasteiger partial charge in [0.25, 0.3) is 0 Å². The van der Waals surface area contributed by atoms with Crippen molar-refractivity contribution in [2.24, 2.45) is 5.73 Å². The third kappa shape index (κ3) is 4.39. The molecule has 2 rings (SSSR count). The number of aromatic nitrogens is 3. The van der Waals surface area contributed by atoms with Crippen molar-refractivity contribution in [2.75, 3.05) is 0 Å². The average Bonchev–Trinajstić information content (AvgIpc) is 2.95. The Hall–Kier alpha value is -2.21. The van der Waals surface area contributed by atoms with Crippen molar-refractivity contribution in [3.05, 3.63) is 47.3 Å². The highest BCUT2D eigenvalue weighted by Crippen LogP contribution is 2.11. The molecule has 1 aromatic heterocycles. The number of rotatable bonds is 7. The first-order valence-electron chi connectivity index (χ1n) is 7.57. The number of hydrogen-bond acceptors (Lipinski definition) is 4. The Labute approximate surface area is 130 Å². The summed E-state index contributed by atoms with van der Waals surface area (Å²) in [4.78, 5) is 12.0. The van der Waals surface area contributed by atoms with E-state index in [1.165, 1.54) is 4.68 Å². The largest absolute Gasteiger partial charge is 0.350 e. The van der Waals surface area contributed by atoms with Crippen LogP contribution in [0.15, 0.2) is 30.5 Å². The van der Waals surface area contributed by atoms with E-state index in [4.69, 9.17) is 5.73 Å². The predicted octanol–water partition coefficient (Wildman–Crippen LogP) is 1.70. The summed E-state index contributed by atoms with van der Waals surface area (Å²) in [6, 6.07) is 7.87. The van der Waals surface area contributed by atoms with Gasteiger partial charge < -0.3 is 11.1 Å². The second-order valence-electron chi connectivity index (χ2n) is 5.44. The van der Waals surface area contributed by atoms with Crippen LogP contribution in [0.5, 0.6) is 0 Å². The topological polar surface area (TPSA) is 85.8 Å². The van der Waals surface area contributed by atoms with E-state index in [1.54, 1.807) is 6.20 Å². The van der Waals surface area contributed by atoms with Crippen LogP contribution in [0.3, 0.4) is 0 Å². The van der Waals surface area contributed by atoms with E-state index in [9.17, 15) is 4.79 Å². The summed E-state index contributed by atoms with van der Waals surface area (Å²) >= 11 is 0. The van der Waals surface area contributed by atoms with Crippen molar-refractivity contribution < 1.29 is 4.79 Å². The van der Waals surface area contributed by atoms with E-state index >= 15 is 0 Å². The number of amides is 1. The van der Waals surface area contributed by atoms with Crippen LogP contribution in [-0.4, -0.2) is 20.9 Å². The number of hydrogen-bond donors (Lipinski definition) is 2. The first kappa shape index (κ1) is 16.2. The monoisotopic (exact) mass is 301 g/mol. The molecule has 2 aromatic rings. The SMILES string of the molecule is CCC[C@@H](N)c1cn(CC(=O)NCc2ccccc2C)nn1. The molecule has 0 saturated carbocycles. The molecule has 0 aliphatic carbocycles.